The molecule has 1 aliphatic heterocycles. The standard InChI is InChI=1S/C12H14N2O4/c1-14-8-5-3-4-6-9(8)18-10(11(14)15)7-13-12(16)17-2/h3-6,10H,7H2,1-2H3,(H,13,16). The number of methoxy groups -OCH3 is 1. The molecule has 1 unspecified atom stereocenters. The fraction of sp³-hybridized carbons (Fsp3) is 0.333. The van der Waals surface area contributed by atoms with Gasteiger partial charge in [0.05, 0.1) is 19.3 Å². The molecule has 0 saturated carbocycles. The molecule has 1 aromatic carbocycles. The molecule has 18 heavy (non-hydrogen) atoms. The number of hydrogen-bond donors (Lipinski definition) is 1. The van der Waals surface area contributed by atoms with Crippen LogP contribution in [0.15, 0.2) is 24.3 Å². The minimum absolute atomic E-state index is 0.0736. The van der Waals surface area contributed by atoms with Crippen LogP contribution in [0.25, 0.3) is 0 Å². The van der Waals surface area contributed by atoms with E-state index < -0.39 is 12.2 Å². The van der Waals surface area contributed by atoms with Crippen molar-refractivity contribution in [2.75, 3.05) is 25.6 Å². The molecular weight excluding hydrogens is 236 g/mol. The first-order chi connectivity index (χ1) is 8.63. The second kappa shape index (κ2) is 4.95. The molecule has 0 saturated heterocycles. The maximum absolute atomic E-state index is 12.0. The molecule has 0 aromatic heterocycles. The van der Waals surface area contributed by atoms with E-state index in [2.05, 4.69) is 10.1 Å². The Bertz CT molecular complexity index is 475. The number of likely N-dealkylation sites (N-methyl/N-ethyl adjacent to an activating group) is 1. The maximum atomic E-state index is 12.0. The number of carbonyl (C=O) groups is 2. The lowest BCUT2D eigenvalue weighted by molar-refractivity contribution is -0.125. The third-order valence-corrected chi connectivity index (χ3v) is 2.72. The summed E-state index contributed by atoms with van der Waals surface area (Å²) in [6, 6.07) is 7.24. The number of anilines is 1. The number of carbonyl (C=O) groups excluding carboxylic acids is 2. The van der Waals surface area contributed by atoms with Crippen molar-refractivity contribution in [3.63, 3.8) is 0 Å². The largest absolute Gasteiger partial charge is 0.477 e. The van der Waals surface area contributed by atoms with Crippen LogP contribution < -0.4 is 15.0 Å². The Morgan fingerprint density at radius 1 is 1.50 bits per heavy atom. The predicted octanol–water partition coefficient (Wildman–Crippen LogP) is 0.766. The van der Waals surface area contributed by atoms with Crippen LogP contribution in [0.3, 0.4) is 0 Å². The van der Waals surface area contributed by atoms with Crippen LogP contribution in [-0.2, 0) is 9.53 Å². The number of fused-ring (bicyclic) bond motifs is 1. The van der Waals surface area contributed by atoms with Crippen molar-refractivity contribution < 1.29 is 19.1 Å². The molecule has 6 heteroatoms. The normalized spacial score (nSPS) is 17.8. The molecule has 1 atom stereocenters. The van der Waals surface area contributed by atoms with Gasteiger partial charge in [-0.15, -0.1) is 0 Å². The minimum atomic E-state index is -0.732. The number of alkyl carbamates (subject to hydrolysis) is 1. The molecule has 1 N–H and O–H groups in total. The molecule has 0 aliphatic carbocycles. The fourth-order valence-corrected chi connectivity index (χ4v) is 1.75. The van der Waals surface area contributed by atoms with Crippen molar-refractivity contribution in [1.82, 2.24) is 5.32 Å². The van der Waals surface area contributed by atoms with E-state index in [-0.39, 0.29) is 12.5 Å². The summed E-state index contributed by atoms with van der Waals surface area (Å²) >= 11 is 0. The first kappa shape index (κ1) is 12.2. The predicted molar refractivity (Wildman–Crippen MR) is 64.7 cm³/mol. The number of nitrogens with one attached hydrogen (secondary N) is 1. The summed E-state index contributed by atoms with van der Waals surface area (Å²) in [6.07, 6.45) is -1.32. The third kappa shape index (κ3) is 2.22. The van der Waals surface area contributed by atoms with Crippen LogP contribution in [0.1, 0.15) is 0 Å². The molecule has 0 fully saturated rings. The Morgan fingerprint density at radius 2 is 2.22 bits per heavy atom. The third-order valence-electron chi connectivity index (χ3n) is 2.72. The van der Waals surface area contributed by atoms with Crippen molar-refractivity contribution in [3.05, 3.63) is 24.3 Å². The van der Waals surface area contributed by atoms with E-state index in [0.717, 1.165) is 5.69 Å². The molecule has 2 rings (SSSR count). The molecule has 0 radical (unpaired) electrons. The molecule has 1 aliphatic rings. The first-order valence-corrected chi connectivity index (χ1v) is 5.48. The van der Waals surface area contributed by atoms with Crippen molar-refractivity contribution >= 4 is 17.7 Å². The first-order valence-electron chi connectivity index (χ1n) is 5.48. The Morgan fingerprint density at radius 3 is 2.94 bits per heavy atom. The highest BCUT2D eigenvalue weighted by Gasteiger charge is 2.32. The Kier molecular flexibility index (Phi) is 3.36. The highest BCUT2D eigenvalue weighted by molar-refractivity contribution is 5.99. The topological polar surface area (TPSA) is 67.9 Å². The smallest absolute Gasteiger partial charge is 0.406 e. The molecule has 6 nitrogen and oxygen atoms in total. The summed E-state index contributed by atoms with van der Waals surface area (Å²) in [5.74, 6) is 0.418. The van der Waals surface area contributed by atoms with Gasteiger partial charge in [-0.2, -0.15) is 0 Å². The molecular formula is C12H14N2O4. The van der Waals surface area contributed by atoms with E-state index in [4.69, 9.17) is 4.74 Å². The zero-order chi connectivity index (χ0) is 13.1. The summed E-state index contributed by atoms with van der Waals surface area (Å²) in [6.45, 7) is 0.0736. The molecule has 0 bridgehead atoms. The highest BCUT2D eigenvalue weighted by Crippen LogP contribution is 2.32. The van der Waals surface area contributed by atoms with Gasteiger partial charge in [0, 0.05) is 7.05 Å². The number of amides is 2. The van der Waals surface area contributed by atoms with Gasteiger partial charge >= 0.3 is 6.09 Å². The lowest BCUT2D eigenvalue weighted by atomic mass is 10.2. The van der Waals surface area contributed by atoms with Crippen molar-refractivity contribution in [2.45, 2.75) is 6.10 Å². The van der Waals surface area contributed by atoms with Gasteiger partial charge in [-0.05, 0) is 12.1 Å². The van der Waals surface area contributed by atoms with Crippen molar-refractivity contribution in [2.24, 2.45) is 0 Å². The van der Waals surface area contributed by atoms with E-state index in [1.165, 1.54) is 12.0 Å². The summed E-state index contributed by atoms with van der Waals surface area (Å²) in [5, 5.41) is 2.45. The second-order valence-electron chi connectivity index (χ2n) is 3.84. The van der Waals surface area contributed by atoms with Crippen molar-refractivity contribution in [3.8, 4) is 5.75 Å². The number of rotatable bonds is 2. The Balaban J connectivity index is 2.12. The number of para-hydroxylation sites is 2. The molecule has 1 heterocycles. The van der Waals surface area contributed by atoms with Crippen LogP contribution >= 0.6 is 0 Å². The molecule has 0 spiro atoms. The number of nitrogens with zero attached hydrogens (tertiary/aromatic N) is 1. The van der Waals surface area contributed by atoms with Gasteiger partial charge in [-0.25, -0.2) is 4.79 Å². The second-order valence-corrected chi connectivity index (χ2v) is 3.84. The van der Waals surface area contributed by atoms with Crippen LogP contribution in [-0.4, -0.2) is 38.8 Å². The molecule has 1 aromatic rings. The van der Waals surface area contributed by atoms with Crippen LogP contribution in [0.2, 0.25) is 0 Å². The van der Waals surface area contributed by atoms with Gasteiger partial charge in [-0.3, -0.25) is 4.79 Å². The van der Waals surface area contributed by atoms with Gasteiger partial charge in [0.2, 0.25) is 0 Å². The quantitative estimate of drug-likeness (QED) is 0.841. The van der Waals surface area contributed by atoms with Gasteiger partial charge in [0.15, 0.2) is 6.10 Å². The van der Waals surface area contributed by atoms with E-state index in [1.807, 2.05) is 12.1 Å². The lowest BCUT2D eigenvalue weighted by Gasteiger charge is -2.31. The Labute approximate surface area is 104 Å². The zero-order valence-electron chi connectivity index (χ0n) is 10.2. The Hall–Kier alpha value is -2.24. The molecule has 2 amide bonds. The van der Waals surface area contributed by atoms with Crippen molar-refractivity contribution in [1.29, 1.82) is 0 Å². The van der Waals surface area contributed by atoms with Crippen LogP contribution in [0.4, 0.5) is 10.5 Å². The average molecular weight is 250 g/mol. The summed E-state index contributed by atoms with van der Waals surface area (Å²) in [5.41, 5.74) is 0.719. The minimum Gasteiger partial charge on any atom is -0.477 e. The summed E-state index contributed by atoms with van der Waals surface area (Å²) in [7, 11) is 2.94. The number of benzene rings is 1. The van der Waals surface area contributed by atoms with Gasteiger partial charge in [-0.1, -0.05) is 12.1 Å². The number of ether oxygens (including phenoxy) is 2. The van der Waals surface area contributed by atoms with E-state index in [1.54, 1.807) is 19.2 Å². The van der Waals surface area contributed by atoms with Gasteiger partial charge < -0.3 is 19.7 Å². The van der Waals surface area contributed by atoms with E-state index in [9.17, 15) is 9.59 Å². The highest BCUT2D eigenvalue weighted by atomic mass is 16.5. The fourth-order valence-electron chi connectivity index (χ4n) is 1.75. The maximum Gasteiger partial charge on any atom is 0.406 e. The monoisotopic (exact) mass is 250 g/mol. The van der Waals surface area contributed by atoms with Gasteiger partial charge in [0.25, 0.3) is 5.91 Å². The molecule has 96 valence electrons. The SMILES string of the molecule is COC(=O)NCC1Oc2ccccc2N(C)C1=O. The van der Waals surface area contributed by atoms with Crippen LogP contribution in [0, 0.1) is 0 Å². The lowest BCUT2D eigenvalue weighted by Crippen LogP contribution is -2.49. The summed E-state index contributed by atoms with van der Waals surface area (Å²) < 4.78 is 9.99. The average Bonchev–Trinajstić information content (AvgIpc) is 2.41. The van der Waals surface area contributed by atoms with E-state index >= 15 is 0 Å². The van der Waals surface area contributed by atoms with E-state index in [0.29, 0.717) is 5.75 Å². The van der Waals surface area contributed by atoms with Crippen LogP contribution in [0.5, 0.6) is 5.75 Å². The number of hydrogen-bond acceptors (Lipinski definition) is 4. The zero-order valence-corrected chi connectivity index (χ0v) is 10.2. The van der Waals surface area contributed by atoms with Gasteiger partial charge in [0.1, 0.15) is 5.75 Å². The summed E-state index contributed by atoms with van der Waals surface area (Å²) in [4.78, 5) is 24.5.